The van der Waals surface area contributed by atoms with Crippen LogP contribution in [0, 0.1) is 0 Å². The Bertz CT molecular complexity index is 514. The molecule has 0 amide bonds. The average molecular weight is 210 g/mol. The fourth-order valence-corrected chi connectivity index (χ4v) is 0.936. The number of carbonyl (C=O) groups is 2. The van der Waals surface area contributed by atoms with Crippen molar-refractivity contribution in [3.8, 4) is 0 Å². The van der Waals surface area contributed by atoms with Crippen molar-refractivity contribution in [2.45, 2.75) is 0 Å². The predicted octanol–water partition coefficient (Wildman–Crippen LogP) is -0.591. The molecule has 2 aromatic heterocycles. The smallest absolute Gasteiger partial charge is 0.357 e. The molecule has 9 heteroatoms. The maximum absolute atomic E-state index is 10.6. The molecule has 2 aromatic rings. The summed E-state index contributed by atoms with van der Waals surface area (Å²) in [6, 6.07) is 0. The molecule has 0 saturated carbocycles. The number of carboxylic acid groups (broad SMARTS) is 2. The van der Waals surface area contributed by atoms with Gasteiger partial charge in [0.25, 0.3) is 0 Å². The van der Waals surface area contributed by atoms with Crippen molar-refractivity contribution in [1.82, 2.24) is 20.3 Å². The van der Waals surface area contributed by atoms with E-state index in [0.717, 1.165) is 0 Å². The maximum atomic E-state index is 10.6. The highest BCUT2D eigenvalue weighted by Crippen LogP contribution is 2.09. The zero-order valence-corrected chi connectivity index (χ0v) is 6.91. The molecule has 0 radical (unpaired) electrons. The van der Waals surface area contributed by atoms with Crippen LogP contribution in [0.15, 0.2) is 4.63 Å². The molecule has 0 spiro atoms. The fraction of sp³-hybridized carbons (Fsp3) is 0. The van der Waals surface area contributed by atoms with Crippen LogP contribution < -0.4 is 0 Å². The van der Waals surface area contributed by atoms with Gasteiger partial charge in [-0.25, -0.2) is 24.2 Å². The van der Waals surface area contributed by atoms with E-state index >= 15 is 0 Å². The van der Waals surface area contributed by atoms with E-state index in [1.165, 1.54) is 0 Å². The van der Waals surface area contributed by atoms with Gasteiger partial charge in [-0.15, -0.1) is 0 Å². The van der Waals surface area contributed by atoms with Crippen LogP contribution in [0.4, 0.5) is 0 Å². The zero-order chi connectivity index (χ0) is 11.0. The van der Waals surface area contributed by atoms with E-state index in [-0.39, 0.29) is 11.3 Å². The highest BCUT2D eigenvalue weighted by atomic mass is 16.6. The number of hydrogen-bond acceptors (Lipinski definition) is 7. The molecule has 0 fully saturated rings. The Kier molecular flexibility index (Phi) is 1.78. The van der Waals surface area contributed by atoms with E-state index in [2.05, 4.69) is 24.9 Å². The number of aromatic carboxylic acids is 2. The first-order valence-corrected chi connectivity index (χ1v) is 3.56. The summed E-state index contributed by atoms with van der Waals surface area (Å²) in [6.45, 7) is 0. The molecule has 0 aliphatic carbocycles. The van der Waals surface area contributed by atoms with Gasteiger partial charge in [0.05, 0.1) is 0 Å². The molecule has 2 rings (SSSR count). The lowest BCUT2D eigenvalue weighted by atomic mass is 10.3. The molecule has 9 nitrogen and oxygen atoms in total. The quantitative estimate of drug-likeness (QED) is 0.665. The minimum Gasteiger partial charge on any atom is -0.476 e. The van der Waals surface area contributed by atoms with Gasteiger partial charge in [-0.3, -0.25) is 0 Å². The van der Waals surface area contributed by atoms with Crippen LogP contribution in [0.25, 0.3) is 11.3 Å². The second kappa shape index (κ2) is 2.97. The van der Waals surface area contributed by atoms with Crippen LogP contribution in [0.3, 0.4) is 0 Å². The molecule has 0 unspecified atom stereocenters. The van der Waals surface area contributed by atoms with Crippen LogP contribution in [-0.4, -0.2) is 42.4 Å². The molecular formula is C6H2N4O5. The Morgan fingerprint density at radius 3 is 1.67 bits per heavy atom. The zero-order valence-electron chi connectivity index (χ0n) is 6.91. The van der Waals surface area contributed by atoms with Crippen molar-refractivity contribution in [3.63, 3.8) is 0 Å². The summed E-state index contributed by atoms with van der Waals surface area (Å²) in [5.41, 5.74) is -1.72. The van der Waals surface area contributed by atoms with Gasteiger partial charge in [-0.05, 0) is 10.3 Å². The van der Waals surface area contributed by atoms with Gasteiger partial charge in [-0.2, -0.15) is 0 Å². The summed E-state index contributed by atoms with van der Waals surface area (Å²) in [4.78, 5) is 28.2. The minimum atomic E-state index is -1.51. The van der Waals surface area contributed by atoms with Crippen LogP contribution in [0.1, 0.15) is 21.0 Å². The molecule has 0 atom stereocenters. The summed E-state index contributed by atoms with van der Waals surface area (Å²) in [6.07, 6.45) is 0. The molecule has 0 saturated heterocycles. The Morgan fingerprint density at radius 2 is 1.33 bits per heavy atom. The monoisotopic (exact) mass is 210 g/mol. The molecular weight excluding hydrogens is 208 g/mol. The third-order valence-corrected chi connectivity index (χ3v) is 1.52. The summed E-state index contributed by atoms with van der Waals surface area (Å²) < 4.78 is 4.22. The summed E-state index contributed by atoms with van der Waals surface area (Å²) >= 11 is 0. The van der Waals surface area contributed by atoms with E-state index in [9.17, 15) is 9.59 Å². The van der Waals surface area contributed by atoms with Gasteiger partial charge in [0.1, 0.15) is 0 Å². The Balaban J connectivity index is 2.79. The van der Waals surface area contributed by atoms with Crippen molar-refractivity contribution < 1.29 is 24.4 Å². The van der Waals surface area contributed by atoms with Crippen LogP contribution in [-0.2, 0) is 0 Å². The normalized spacial score (nSPS) is 10.4. The van der Waals surface area contributed by atoms with Gasteiger partial charge < -0.3 is 10.2 Å². The molecule has 76 valence electrons. The molecule has 0 aliphatic heterocycles. The van der Waals surface area contributed by atoms with Crippen LogP contribution in [0.2, 0.25) is 0 Å². The van der Waals surface area contributed by atoms with E-state index in [4.69, 9.17) is 10.2 Å². The number of fused-ring (bicyclic) bond motifs is 1. The third kappa shape index (κ3) is 1.35. The largest absolute Gasteiger partial charge is 0.476 e. The lowest BCUT2D eigenvalue weighted by molar-refractivity contribution is 0.0642. The van der Waals surface area contributed by atoms with Gasteiger partial charge >= 0.3 is 11.9 Å². The second-order valence-electron chi connectivity index (χ2n) is 2.44. The van der Waals surface area contributed by atoms with E-state index < -0.39 is 23.3 Å². The molecule has 2 heterocycles. The summed E-state index contributed by atoms with van der Waals surface area (Å²) in [5, 5.41) is 23.8. The SMILES string of the molecule is O=C(O)c1nc2nonc2nc1C(=O)O. The molecule has 0 aliphatic rings. The van der Waals surface area contributed by atoms with Gasteiger partial charge in [0.2, 0.25) is 11.3 Å². The maximum Gasteiger partial charge on any atom is 0.357 e. The first-order chi connectivity index (χ1) is 7.09. The predicted molar refractivity (Wildman–Crippen MR) is 41.3 cm³/mol. The van der Waals surface area contributed by atoms with Crippen LogP contribution in [0.5, 0.6) is 0 Å². The summed E-state index contributed by atoms with van der Waals surface area (Å²) in [7, 11) is 0. The fourth-order valence-electron chi connectivity index (χ4n) is 0.936. The van der Waals surface area contributed by atoms with Crippen LogP contribution >= 0.6 is 0 Å². The van der Waals surface area contributed by atoms with Crippen molar-refractivity contribution in [2.24, 2.45) is 0 Å². The van der Waals surface area contributed by atoms with E-state index in [1.54, 1.807) is 0 Å². The average Bonchev–Trinajstić information content (AvgIpc) is 2.61. The number of rotatable bonds is 2. The van der Waals surface area contributed by atoms with E-state index in [1.807, 2.05) is 0 Å². The topological polar surface area (TPSA) is 139 Å². The van der Waals surface area contributed by atoms with Crippen molar-refractivity contribution in [1.29, 1.82) is 0 Å². The first kappa shape index (κ1) is 8.99. The molecule has 15 heavy (non-hydrogen) atoms. The minimum absolute atomic E-state index is 0.155. The van der Waals surface area contributed by atoms with Crippen molar-refractivity contribution >= 4 is 23.2 Å². The highest BCUT2D eigenvalue weighted by molar-refractivity contribution is 6.00. The number of aromatic nitrogens is 4. The van der Waals surface area contributed by atoms with Gasteiger partial charge in [0.15, 0.2) is 11.4 Å². The van der Waals surface area contributed by atoms with Crippen molar-refractivity contribution in [3.05, 3.63) is 11.4 Å². The van der Waals surface area contributed by atoms with Gasteiger partial charge in [0, 0.05) is 0 Å². The molecule has 2 N–H and O–H groups in total. The molecule has 0 aromatic carbocycles. The first-order valence-electron chi connectivity index (χ1n) is 3.56. The Morgan fingerprint density at radius 1 is 0.933 bits per heavy atom. The highest BCUT2D eigenvalue weighted by Gasteiger charge is 2.22. The standard InChI is InChI=1S/C6H2N4O5/c11-5(12)1-2(6(13)14)8-4-3(7-1)9-15-10-4/h(H,11,12)(H,13,14). The Labute approximate surface area is 80.3 Å². The molecule has 0 bridgehead atoms. The number of carboxylic acids is 2. The second-order valence-corrected chi connectivity index (χ2v) is 2.44. The van der Waals surface area contributed by atoms with Crippen molar-refractivity contribution in [2.75, 3.05) is 0 Å². The lowest BCUT2D eigenvalue weighted by Gasteiger charge is -1.96. The third-order valence-electron chi connectivity index (χ3n) is 1.52. The lowest BCUT2D eigenvalue weighted by Crippen LogP contribution is -2.13. The van der Waals surface area contributed by atoms with E-state index in [0.29, 0.717) is 0 Å². The Hall–Kier alpha value is -2.58. The van der Waals surface area contributed by atoms with Gasteiger partial charge in [-0.1, -0.05) is 0 Å². The number of hydrogen-bond donors (Lipinski definition) is 2. The summed E-state index contributed by atoms with van der Waals surface area (Å²) in [5.74, 6) is -3.02. The number of nitrogens with zero attached hydrogens (tertiary/aromatic N) is 4.